The second kappa shape index (κ2) is 7.31. The highest BCUT2D eigenvalue weighted by Crippen LogP contribution is 2.11. The van der Waals surface area contributed by atoms with Crippen LogP contribution in [-0.2, 0) is 20.8 Å². The van der Waals surface area contributed by atoms with Crippen LogP contribution >= 0.6 is 22.6 Å². The van der Waals surface area contributed by atoms with Crippen molar-refractivity contribution in [3.63, 3.8) is 0 Å². The standard InChI is InChI=1S/C13H17IO3/c14-6-12-8-16-10-13(17-12)9-15-7-11-4-2-1-3-5-11/h1-5,12-13H,6-10H2/t12-,13-/m0/s1. The minimum Gasteiger partial charge on any atom is -0.376 e. The van der Waals surface area contributed by atoms with E-state index in [1.165, 1.54) is 5.56 Å². The van der Waals surface area contributed by atoms with Crippen LogP contribution in [-0.4, -0.2) is 36.5 Å². The summed E-state index contributed by atoms with van der Waals surface area (Å²) >= 11 is 2.32. The lowest BCUT2D eigenvalue weighted by Gasteiger charge is -2.29. The molecule has 0 aromatic heterocycles. The Kier molecular flexibility index (Phi) is 5.70. The van der Waals surface area contributed by atoms with Gasteiger partial charge in [-0.25, -0.2) is 0 Å². The molecule has 0 N–H and O–H groups in total. The number of rotatable bonds is 5. The normalized spacial score (nSPS) is 24.8. The van der Waals surface area contributed by atoms with Gasteiger partial charge in [0.05, 0.1) is 32.5 Å². The Morgan fingerprint density at radius 2 is 1.94 bits per heavy atom. The maximum atomic E-state index is 5.82. The quantitative estimate of drug-likeness (QED) is 0.604. The van der Waals surface area contributed by atoms with Crippen molar-refractivity contribution in [2.75, 3.05) is 24.2 Å². The zero-order chi connectivity index (χ0) is 11.9. The molecule has 0 spiro atoms. The Balaban J connectivity index is 1.68. The SMILES string of the molecule is IC[C@H]1COC[C@H](COCc2ccccc2)O1. The Hall–Kier alpha value is -0.170. The van der Waals surface area contributed by atoms with Gasteiger partial charge in [-0.1, -0.05) is 52.9 Å². The summed E-state index contributed by atoms with van der Waals surface area (Å²) in [5.41, 5.74) is 1.19. The van der Waals surface area contributed by atoms with Crippen LogP contribution in [0.4, 0.5) is 0 Å². The first-order valence-electron chi connectivity index (χ1n) is 5.79. The Morgan fingerprint density at radius 1 is 1.18 bits per heavy atom. The van der Waals surface area contributed by atoms with Gasteiger partial charge >= 0.3 is 0 Å². The maximum absolute atomic E-state index is 5.82. The van der Waals surface area contributed by atoms with Crippen LogP contribution in [0.5, 0.6) is 0 Å². The van der Waals surface area contributed by atoms with Gasteiger partial charge in [-0.3, -0.25) is 0 Å². The number of benzene rings is 1. The van der Waals surface area contributed by atoms with Crippen LogP contribution in [0.25, 0.3) is 0 Å². The molecular weight excluding hydrogens is 331 g/mol. The number of hydrogen-bond donors (Lipinski definition) is 0. The summed E-state index contributed by atoms with van der Waals surface area (Å²) in [6.07, 6.45) is 0.293. The van der Waals surface area contributed by atoms with E-state index in [0.29, 0.717) is 26.4 Å². The van der Waals surface area contributed by atoms with E-state index in [-0.39, 0.29) is 12.2 Å². The summed E-state index contributed by atoms with van der Waals surface area (Å²) in [5.74, 6) is 0. The van der Waals surface area contributed by atoms with Gasteiger partial charge < -0.3 is 14.2 Å². The molecule has 1 aliphatic rings. The van der Waals surface area contributed by atoms with Crippen LogP contribution in [0.1, 0.15) is 5.56 Å². The Morgan fingerprint density at radius 3 is 2.71 bits per heavy atom. The van der Waals surface area contributed by atoms with Crippen molar-refractivity contribution in [3.8, 4) is 0 Å². The van der Waals surface area contributed by atoms with Crippen LogP contribution < -0.4 is 0 Å². The van der Waals surface area contributed by atoms with E-state index in [4.69, 9.17) is 14.2 Å². The molecule has 1 heterocycles. The second-order valence-corrected chi connectivity index (χ2v) is 4.95. The van der Waals surface area contributed by atoms with E-state index >= 15 is 0 Å². The molecule has 3 nitrogen and oxygen atoms in total. The monoisotopic (exact) mass is 348 g/mol. The lowest BCUT2D eigenvalue weighted by atomic mass is 10.2. The molecule has 0 bridgehead atoms. The Bertz CT molecular complexity index is 318. The topological polar surface area (TPSA) is 27.7 Å². The summed E-state index contributed by atoms with van der Waals surface area (Å²) in [7, 11) is 0. The van der Waals surface area contributed by atoms with Crippen molar-refractivity contribution in [2.24, 2.45) is 0 Å². The van der Waals surface area contributed by atoms with E-state index in [1.54, 1.807) is 0 Å². The van der Waals surface area contributed by atoms with Crippen LogP contribution in [0.15, 0.2) is 30.3 Å². The number of alkyl halides is 1. The maximum Gasteiger partial charge on any atom is 0.105 e. The molecule has 1 aromatic rings. The zero-order valence-corrected chi connectivity index (χ0v) is 11.8. The molecule has 17 heavy (non-hydrogen) atoms. The second-order valence-electron chi connectivity index (χ2n) is 4.07. The smallest absolute Gasteiger partial charge is 0.105 e. The molecule has 1 saturated heterocycles. The fourth-order valence-corrected chi connectivity index (χ4v) is 2.19. The van der Waals surface area contributed by atoms with Gasteiger partial charge in [-0.2, -0.15) is 0 Å². The van der Waals surface area contributed by atoms with Crippen molar-refractivity contribution in [1.29, 1.82) is 0 Å². The summed E-state index contributed by atoms with van der Waals surface area (Å²) in [6, 6.07) is 10.2. The molecule has 4 heteroatoms. The van der Waals surface area contributed by atoms with Crippen molar-refractivity contribution >= 4 is 22.6 Å². The van der Waals surface area contributed by atoms with E-state index in [0.717, 1.165) is 4.43 Å². The summed E-state index contributed by atoms with van der Waals surface area (Å²) in [4.78, 5) is 0. The fraction of sp³-hybridized carbons (Fsp3) is 0.538. The lowest BCUT2D eigenvalue weighted by molar-refractivity contribution is -0.150. The molecule has 1 aliphatic heterocycles. The molecule has 0 unspecified atom stereocenters. The van der Waals surface area contributed by atoms with Crippen molar-refractivity contribution < 1.29 is 14.2 Å². The minimum atomic E-state index is 0.0761. The van der Waals surface area contributed by atoms with Crippen LogP contribution in [0.2, 0.25) is 0 Å². The average molecular weight is 348 g/mol. The molecule has 94 valence electrons. The van der Waals surface area contributed by atoms with Gasteiger partial charge in [-0.05, 0) is 5.56 Å². The first-order valence-corrected chi connectivity index (χ1v) is 7.32. The zero-order valence-electron chi connectivity index (χ0n) is 9.68. The third kappa shape index (κ3) is 4.54. The molecule has 0 radical (unpaired) electrons. The van der Waals surface area contributed by atoms with E-state index < -0.39 is 0 Å². The van der Waals surface area contributed by atoms with Gasteiger partial charge in [0.25, 0.3) is 0 Å². The molecule has 2 rings (SSSR count). The van der Waals surface area contributed by atoms with E-state index in [2.05, 4.69) is 34.7 Å². The highest BCUT2D eigenvalue weighted by atomic mass is 127. The number of ether oxygens (including phenoxy) is 3. The molecule has 1 fully saturated rings. The average Bonchev–Trinajstić information content (AvgIpc) is 2.40. The van der Waals surface area contributed by atoms with Crippen LogP contribution in [0.3, 0.4) is 0 Å². The number of halogens is 1. The summed E-state index contributed by atoms with van der Waals surface area (Å²) in [5, 5.41) is 0. The van der Waals surface area contributed by atoms with Gasteiger partial charge in [0, 0.05) is 4.43 Å². The molecule has 0 aliphatic carbocycles. The molecular formula is C13H17IO3. The van der Waals surface area contributed by atoms with Gasteiger partial charge in [-0.15, -0.1) is 0 Å². The predicted molar refractivity (Wildman–Crippen MR) is 74.5 cm³/mol. The Labute approximate surface area is 116 Å². The third-order valence-corrected chi connectivity index (χ3v) is 3.56. The highest BCUT2D eigenvalue weighted by Gasteiger charge is 2.22. The largest absolute Gasteiger partial charge is 0.376 e. The minimum absolute atomic E-state index is 0.0761. The summed E-state index contributed by atoms with van der Waals surface area (Å²) < 4.78 is 17.9. The van der Waals surface area contributed by atoms with Gasteiger partial charge in [0.1, 0.15) is 6.10 Å². The number of hydrogen-bond acceptors (Lipinski definition) is 3. The van der Waals surface area contributed by atoms with Crippen LogP contribution in [0, 0.1) is 0 Å². The molecule has 2 atom stereocenters. The van der Waals surface area contributed by atoms with E-state index in [9.17, 15) is 0 Å². The first-order chi connectivity index (χ1) is 8.38. The lowest BCUT2D eigenvalue weighted by Crippen LogP contribution is -2.39. The van der Waals surface area contributed by atoms with Crippen molar-refractivity contribution in [3.05, 3.63) is 35.9 Å². The van der Waals surface area contributed by atoms with Gasteiger partial charge in [0.15, 0.2) is 0 Å². The fourth-order valence-electron chi connectivity index (χ4n) is 1.73. The predicted octanol–water partition coefficient (Wildman–Crippen LogP) is 2.42. The molecule has 0 amide bonds. The highest BCUT2D eigenvalue weighted by molar-refractivity contribution is 14.1. The first kappa shape index (κ1) is 13.3. The third-order valence-electron chi connectivity index (χ3n) is 2.58. The molecule has 1 aromatic carbocycles. The van der Waals surface area contributed by atoms with E-state index in [1.807, 2.05) is 18.2 Å². The molecule has 0 saturated carbocycles. The van der Waals surface area contributed by atoms with Gasteiger partial charge in [0.2, 0.25) is 0 Å². The van der Waals surface area contributed by atoms with Crippen molar-refractivity contribution in [1.82, 2.24) is 0 Å². The summed E-state index contributed by atoms with van der Waals surface area (Å²) in [6.45, 7) is 2.58. The van der Waals surface area contributed by atoms with Crippen molar-refractivity contribution in [2.45, 2.75) is 18.8 Å².